The number of hydrogen-bond acceptors (Lipinski definition) is 9. The number of rotatable bonds is 4. The third-order valence-corrected chi connectivity index (χ3v) is 5.04. The topological polar surface area (TPSA) is 138 Å². The van der Waals surface area contributed by atoms with Gasteiger partial charge in [0.2, 0.25) is 0 Å². The number of amides is 1. The van der Waals surface area contributed by atoms with Crippen molar-refractivity contribution < 1.29 is 22.7 Å². The maximum absolute atomic E-state index is 11.7. The standard InChI is InChI=1S/C15H12N4O5S2/c1-24-13(20)6-11-14(21)18-15(25-11)19-17-8-9-3-4-12(26(2,22)23)10(5-9)7-16/h3-6,8H,1-2H3,(H,18,19,21)/b11-6+,17-8?. The highest BCUT2D eigenvalue weighted by molar-refractivity contribution is 8.18. The lowest BCUT2D eigenvalue weighted by Crippen LogP contribution is -2.19. The van der Waals surface area contributed by atoms with E-state index in [9.17, 15) is 18.0 Å². The summed E-state index contributed by atoms with van der Waals surface area (Å²) < 4.78 is 27.6. The molecule has 0 aromatic heterocycles. The number of nitrogens with one attached hydrogen (secondary N) is 1. The highest BCUT2D eigenvalue weighted by atomic mass is 32.2. The molecule has 1 saturated heterocycles. The maximum atomic E-state index is 11.7. The monoisotopic (exact) mass is 392 g/mol. The van der Waals surface area contributed by atoms with Gasteiger partial charge in [-0.2, -0.15) is 10.4 Å². The molecular formula is C15H12N4O5S2. The van der Waals surface area contributed by atoms with Crippen LogP contribution in [0.2, 0.25) is 0 Å². The first-order valence-corrected chi connectivity index (χ1v) is 9.59. The number of carbonyl (C=O) groups excluding carboxylic acids is 2. The van der Waals surface area contributed by atoms with Crippen molar-refractivity contribution in [1.29, 1.82) is 5.26 Å². The van der Waals surface area contributed by atoms with Gasteiger partial charge in [-0.05, 0) is 29.5 Å². The summed E-state index contributed by atoms with van der Waals surface area (Å²) in [5, 5.41) is 19.2. The number of nitriles is 1. The van der Waals surface area contributed by atoms with E-state index in [-0.39, 0.29) is 20.5 Å². The number of hydrogen-bond donors (Lipinski definition) is 1. The Morgan fingerprint density at radius 3 is 2.77 bits per heavy atom. The van der Waals surface area contributed by atoms with Crippen LogP contribution < -0.4 is 5.32 Å². The van der Waals surface area contributed by atoms with E-state index in [1.807, 2.05) is 6.07 Å². The van der Waals surface area contributed by atoms with E-state index in [0.717, 1.165) is 24.1 Å². The van der Waals surface area contributed by atoms with Gasteiger partial charge in [-0.15, -0.1) is 5.10 Å². The fraction of sp³-hybridized carbons (Fsp3) is 0.133. The fourth-order valence-corrected chi connectivity index (χ4v) is 3.39. The normalized spacial score (nSPS) is 17.5. The average Bonchev–Trinajstić information content (AvgIpc) is 2.93. The third-order valence-electron chi connectivity index (χ3n) is 2.98. The number of carbonyl (C=O) groups is 2. The van der Waals surface area contributed by atoms with Gasteiger partial charge in [0.25, 0.3) is 5.91 Å². The molecule has 1 amide bonds. The summed E-state index contributed by atoms with van der Waals surface area (Å²) in [5.41, 5.74) is 0.453. The van der Waals surface area contributed by atoms with Crippen LogP contribution in [0, 0.1) is 11.3 Å². The molecule has 1 aromatic rings. The van der Waals surface area contributed by atoms with Crippen molar-refractivity contribution in [2.45, 2.75) is 4.90 Å². The van der Waals surface area contributed by atoms with Crippen molar-refractivity contribution in [3.05, 3.63) is 40.3 Å². The summed E-state index contributed by atoms with van der Waals surface area (Å²) in [7, 11) is -2.31. The second kappa shape index (κ2) is 7.94. The Morgan fingerprint density at radius 2 is 2.15 bits per heavy atom. The van der Waals surface area contributed by atoms with Crippen LogP contribution in [0.5, 0.6) is 0 Å². The lowest BCUT2D eigenvalue weighted by molar-refractivity contribution is -0.135. The van der Waals surface area contributed by atoms with Crippen molar-refractivity contribution in [3.63, 3.8) is 0 Å². The summed E-state index contributed by atoms with van der Waals surface area (Å²) >= 11 is 0.915. The minimum absolute atomic E-state index is 0.00375. The van der Waals surface area contributed by atoms with E-state index in [2.05, 4.69) is 20.3 Å². The molecule has 0 atom stereocenters. The Bertz CT molecular complexity index is 1000. The van der Waals surface area contributed by atoms with Crippen LogP contribution in [-0.2, 0) is 24.2 Å². The summed E-state index contributed by atoms with van der Waals surface area (Å²) in [6.45, 7) is 0. The summed E-state index contributed by atoms with van der Waals surface area (Å²) in [4.78, 5) is 22.8. The molecule has 1 fully saturated rings. The highest BCUT2D eigenvalue weighted by Crippen LogP contribution is 2.23. The van der Waals surface area contributed by atoms with Crippen molar-refractivity contribution in [2.24, 2.45) is 10.2 Å². The molecule has 1 aromatic carbocycles. The number of nitrogens with zero attached hydrogens (tertiary/aromatic N) is 3. The van der Waals surface area contributed by atoms with Crippen LogP contribution >= 0.6 is 11.8 Å². The molecule has 26 heavy (non-hydrogen) atoms. The van der Waals surface area contributed by atoms with E-state index in [4.69, 9.17) is 5.26 Å². The molecule has 0 radical (unpaired) electrons. The zero-order valence-corrected chi connectivity index (χ0v) is 15.2. The average molecular weight is 392 g/mol. The number of sulfone groups is 1. The molecule has 11 heteroatoms. The second-order valence-corrected chi connectivity index (χ2v) is 7.89. The third kappa shape index (κ3) is 4.78. The van der Waals surface area contributed by atoms with Gasteiger partial charge in [0.1, 0.15) is 6.07 Å². The maximum Gasteiger partial charge on any atom is 0.331 e. The van der Waals surface area contributed by atoms with E-state index in [0.29, 0.717) is 5.56 Å². The minimum atomic E-state index is -3.51. The van der Waals surface area contributed by atoms with Gasteiger partial charge in [-0.25, -0.2) is 13.2 Å². The van der Waals surface area contributed by atoms with Gasteiger partial charge in [0, 0.05) is 12.3 Å². The SMILES string of the molecule is COC(=O)/C=C1/S/C(=N\N=Cc2ccc(S(C)(=O)=O)c(C#N)c2)NC1=O. The predicted octanol–water partition coefficient (Wildman–Crippen LogP) is 0.572. The van der Waals surface area contributed by atoms with Crippen molar-refractivity contribution in [3.8, 4) is 6.07 Å². The molecule has 0 saturated carbocycles. The molecule has 0 unspecified atom stereocenters. The molecule has 1 aliphatic rings. The van der Waals surface area contributed by atoms with Crippen LogP contribution in [0.1, 0.15) is 11.1 Å². The molecule has 9 nitrogen and oxygen atoms in total. The Labute approximate surface area is 153 Å². The van der Waals surface area contributed by atoms with E-state index < -0.39 is 21.7 Å². The van der Waals surface area contributed by atoms with Gasteiger partial charge in [0.05, 0.1) is 28.7 Å². The predicted molar refractivity (Wildman–Crippen MR) is 95.1 cm³/mol. The minimum Gasteiger partial charge on any atom is -0.466 e. The van der Waals surface area contributed by atoms with Gasteiger partial charge < -0.3 is 4.74 Å². The Morgan fingerprint density at radius 1 is 1.42 bits per heavy atom. The van der Waals surface area contributed by atoms with Crippen LogP contribution in [-0.4, -0.2) is 45.0 Å². The van der Waals surface area contributed by atoms with Crippen LogP contribution in [0.3, 0.4) is 0 Å². The van der Waals surface area contributed by atoms with Gasteiger partial charge in [0.15, 0.2) is 15.0 Å². The number of esters is 1. The van der Waals surface area contributed by atoms with Gasteiger partial charge >= 0.3 is 5.97 Å². The summed E-state index contributed by atoms with van der Waals surface area (Å²) in [6.07, 6.45) is 3.35. The number of amidine groups is 1. The van der Waals surface area contributed by atoms with Crippen LogP contribution in [0.25, 0.3) is 0 Å². The lowest BCUT2D eigenvalue weighted by atomic mass is 10.1. The Kier molecular flexibility index (Phi) is 5.91. The molecule has 1 heterocycles. The van der Waals surface area contributed by atoms with E-state index in [1.54, 1.807) is 0 Å². The molecule has 1 aliphatic heterocycles. The smallest absolute Gasteiger partial charge is 0.331 e. The zero-order chi connectivity index (χ0) is 19.3. The van der Waals surface area contributed by atoms with Crippen LogP contribution in [0.15, 0.2) is 44.3 Å². The number of methoxy groups -OCH3 is 1. The van der Waals surface area contributed by atoms with E-state index in [1.165, 1.54) is 31.5 Å². The largest absolute Gasteiger partial charge is 0.466 e. The van der Waals surface area contributed by atoms with Crippen molar-refractivity contribution >= 4 is 44.9 Å². The summed E-state index contributed by atoms with van der Waals surface area (Å²) in [6, 6.07) is 5.97. The lowest BCUT2D eigenvalue weighted by Gasteiger charge is -2.01. The molecular weight excluding hydrogens is 380 g/mol. The van der Waals surface area contributed by atoms with Gasteiger partial charge in [-0.1, -0.05) is 6.07 Å². The molecule has 0 bridgehead atoms. The fourth-order valence-electron chi connectivity index (χ4n) is 1.83. The first-order chi connectivity index (χ1) is 12.2. The Hall–Kier alpha value is -2.97. The van der Waals surface area contributed by atoms with Crippen molar-refractivity contribution in [2.75, 3.05) is 13.4 Å². The Balaban J connectivity index is 2.18. The molecule has 0 spiro atoms. The molecule has 0 aliphatic carbocycles. The van der Waals surface area contributed by atoms with Crippen molar-refractivity contribution in [1.82, 2.24) is 5.32 Å². The first kappa shape index (κ1) is 19.4. The summed E-state index contributed by atoms with van der Waals surface area (Å²) in [5.74, 6) is -1.17. The zero-order valence-electron chi connectivity index (χ0n) is 13.6. The number of thioether (sulfide) groups is 1. The molecule has 2 rings (SSSR count). The second-order valence-electron chi connectivity index (χ2n) is 4.88. The number of ether oxygens (including phenoxy) is 1. The quantitative estimate of drug-likeness (QED) is 0.342. The van der Waals surface area contributed by atoms with Crippen LogP contribution in [0.4, 0.5) is 0 Å². The van der Waals surface area contributed by atoms with E-state index >= 15 is 0 Å². The first-order valence-electron chi connectivity index (χ1n) is 6.88. The molecule has 134 valence electrons. The molecule has 1 N–H and O–H groups in total. The highest BCUT2D eigenvalue weighted by Gasteiger charge is 2.25. The number of benzene rings is 1. The van der Waals surface area contributed by atoms with Gasteiger partial charge in [-0.3, -0.25) is 10.1 Å².